The van der Waals surface area contributed by atoms with Crippen LogP contribution in [0.15, 0.2) is 18.2 Å². The van der Waals surface area contributed by atoms with Crippen LogP contribution in [0.4, 0.5) is 13.2 Å². The van der Waals surface area contributed by atoms with E-state index in [1.165, 1.54) is 12.1 Å². The van der Waals surface area contributed by atoms with Crippen LogP contribution in [0.1, 0.15) is 40.5 Å². The van der Waals surface area contributed by atoms with E-state index >= 15 is 0 Å². The van der Waals surface area contributed by atoms with Crippen molar-refractivity contribution in [3.05, 3.63) is 35.2 Å². The standard InChI is InChI=1S/C12H10F3N5O/c13-12(14,15)11-17-18-19-20(11)7-3-4-8(6-1-2-6)9(5-7)10(16)21/h3-6H,1-2H2,(H2,16,21). The summed E-state index contributed by atoms with van der Waals surface area (Å²) in [6.45, 7) is 0. The number of aromatic nitrogens is 4. The number of tetrazole rings is 1. The van der Waals surface area contributed by atoms with Gasteiger partial charge in [0.05, 0.1) is 5.69 Å². The second kappa shape index (κ2) is 4.54. The molecule has 0 bridgehead atoms. The van der Waals surface area contributed by atoms with Crippen molar-refractivity contribution in [2.45, 2.75) is 24.9 Å². The Hall–Kier alpha value is -2.45. The Balaban J connectivity index is 2.10. The molecule has 2 N–H and O–H groups in total. The molecule has 1 saturated carbocycles. The number of hydrogen-bond donors (Lipinski definition) is 1. The minimum absolute atomic E-state index is 0.0468. The average Bonchev–Trinajstić information content (AvgIpc) is 3.12. The van der Waals surface area contributed by atoms with E-state index in [0.29, 0.717) is 4.68 Å². The fourth-order valence-corrected chi connectivity index (χ4v) is 2.18. The molecule has 0 unspecified atom stereocenters. The molecular formula is C12H10F3N5O. The lowest BCUT2D eigenvalue weighted by molar-refractivity contribution is -0.146. The van der Waals surface area contributed by atoms with Gasteiger partial charge >= 0.3 is 6.18 Å². The van der Waals surface area contributed by atoms with E-state index in [4.69, 9.17) is 5.73 Å². The van der Waals surface area contributed by atoms with Gasteiger partial charge in [0.1, 0.15) is 0 Å². The van der Waals surface area contributed by atoms with Crippen LogP contribution in [0.2, 0.25) is 0 Å². The molecule has 1 aliphatic rings. The Morgan fingerprint density at radius 3 is 2.62 bits per heavy atom. The first-order valence-electron chi connectivity index (χ1n) is 6.17. The topological polar surface area (TPSA) is 86.7 Å². The highest BCUT2D eigenvalue weighted by Crippen LogP contribution is 2.42. The van der Waals surface area contributed by atoms with Crippen LogP contribution in [0.3, 0.4) is 0 Å². The predicted molar refractivity (Wildman–Crippen MR) is 64.6 cm³/mol. The molecule has 3 rings (SSSR count). The highest BCUT2D eigenvalue weighted by Gasteiger charge is 2.38. The van der Waals surface area contributed by atoms with E-state index < -0.39 is 17.9 Å². The third-order valence-electron chi connectivity index (χ3n) is 3.29. The summed E-state index contributed by atoms with van der Waals surface area (Å²) in [4.78, 5) is 11.5. The monoisotopic (exact) mass is 297 g/mol. The molecular weight excluding hydrogens is 287 g/mol. The molecule has 0 spiro atoms. The molecule has 21 heavy (non-hydrogen) atoms. The van der Waals surface area contributed by atoms with E-state index in [2.05, 4.69) is 15.5 Å². The molecule has 2 aromatic rings. The maximum absolute atomic E-state index is 12.8. The van der Waals surface area contributed by atoms with Gasteiger partial charge in [0.15, 0.2) is 0 Å². The van der Waals surface area contributed by atoms with Gasteiger partial charge in [-0.15, -0.1) is 5.10 Å². The molecule has 6 nitrogen and oxygen atoms in total. The minimum Gasteiger partial charge on any atom is -0.366 e. The summed E-state index contributed by atoms with van der Waals surface area (Å²) in [6.07, 6.45) is -2.80. The van der Waals surface area contributed by atoms with Crippen LogP contribution in [0, 0.1) is 0 Å². The first-order valence-corrected chi connectivity index (χ1v) is 6.17. The van der Waals surface area contributed by atoms with Gasteiger partial charge in [-0.3, -0.25) is 4.79 Å². The minimum atomic E-state index is -4.69. The van der Waals surface area contributed by atoms with Crippen molar-refractivity contribution in [1.82, 2.24) is 20.2 Å². The molecule has 0 saturated heterocycles. The third-order valence-corrected chi connectivity index (χ3v) is 3.29. The fraction of sp³-hybridized carbons (Fsp3) is 0.333. The largest absolute Gasteiger partial charge is 0.453 e. The SMILES string of the molecule is NC(=O)c1cc(-n2nnnc2C(F)(F)F)ccc1C1CC1. The number of carbonyl (C=O) groups excluding carboxylic acids is 1. The lowest BCUT2D eigenvalue weighted by Gasteiger charge is -2.10. The molecule has 0 radical (unpaired) electrons. The third kappa shape index (κ3) is 2.46. The van der Waals surface area contributed by atoms with Gasteiger partial charge in [-0.2, -0.15) is 17.9 Å². The Kier molecular flexibility index (Phi) is 2.92. The van der Waals surface area contributed by atoms with Crippen LogP contribution in [0.25, 0.3) is 5.69 Å². The summed E-state index contributed by atoms with van der Waals surface area (Å²) in [6, 6.07) is 4.35. The molecule has 1 fully saturated rings. The number of carbonyl (C=O) groups is 1. The maximum atomic E-state index is 12.8. The van der Waals surface area contributed by atoms with Crippen LogP contribution in [-0.4, -0.2) is 26.1 Å². The lowest BCUT2D eigenvalue weighted by atomic mass is 10.0. The summed E-state index contributed by atoms with van der Waals surface area (Å²) >= 11 is 0. The number of nitrogens with zero attached hydrogens (tertiary/aromatic N) is 4. The molecule has 1 heterocycles. The number of amides is 1. The van der Waals surface area contributed by atoms with Gasteiger partial charge in [0, 0.05) is 5.56 Å². The summed E-state index contributed by atoms with van der Waals surface area (Å²) < 4.78 is 38.9. The highest BCUT2D eigenvalue weighted by atomic mass is 19.4. The number of hydrogen-bond acceptors (Lipinski definition) is 4. The van der Waals surface area contributed by atoms with Crippen molar-refractivity contribution in [3.63, 3.8) is 0 Å². The zero-order valence-corrected chi connectivity index (χ0v) is 10.6. The summed E-state index contributed by atoms with van der Waals surface area (Å²) in [7, 11) is 0. The second-order valence-corrected chi connectivity index (χ2v) is 4.82. The van der Waals surface area contributed by atoms with Crippen LogP contribution in [-0.2, 0) is 6.18 Å². The van der Waals surface area contributed by atoms with Crippen molar-refractivity contribution in [2.24, 2.45) is 5.73 Å². The average molecular weight is 297 g/mol. The zero-order valence-electron chi connectivity index (χ0n) is 10.6. The van der Waals surface area contributed by atoms with Crippen molar-refractivity contribution >= 4 is 5.91 Å². The van der Waals surface area contributed by atoms with Gasteiger partial charge in [-0.25, -0.2) is 0 Å². The predicted octanol–water partition coefficient (Wildman–Crippen LogP) is 1.66. The van der Waals surface area contributed by atoms with Crippen molar-refractivity contribution in [3.8, 4) is 5.69 Å². The molecule has 0 atom stereocenters. The van der Waals surface area contributed by atoms with Crippen LogP contribution < -0.4 is 5.73 Å². The maximum Gasteiger partial charge on any atom is 0.453 e. The molecule has 110 valence electrons. The summed E-state index contributed by atoms with van der Waals surface area (Å²) in [5.74, 6) is -1.69. The number of benzene rings is 1. The molecule has 9 heteroatoms. The van der Waals surface area contributed by atoms with E-state index in [0.717, 1.165) is 18.4 Å². The van der Waals surface area contributed by atoms with Gasteiger partial charge in [0.2, 0.25) is 5.91 Å². The number of primary amides is 1. The normalized spacial score (nSPS) is 15.2. The Morgan fingerprint density at radius 1 is 1.33 bits per heavy atom. The van der Waals surface area contributed by atoms with Gasteiger partial charge in [-0.05, 0) is 46.9 Å². The van der Waals surface area contributed by atoms with E-state index in [9.17, 15) is 18.0 Å². The Morgan fingerprint density at radius 2 is 2.05 bits per heavy atom. The van der Waals surface area contributed by atoms with Gasteiger partial charge < -0.3 is 5.73 Å². The van der Waals surface area contributed by atoms with Gasteiger partial charge in [0.25, 0.3) is 5.82 Å². The van der Waals surface area contributed by atoms with Crippen LogP contribution in [0.5, 0.6) is 0 Å². The summed E-state index contributed by atoms with van der Waals surface area (Å²) in [5, 5.41) is 9.33. The molecule has 1 aliphatic carbocycles. The Labute approximate surface area is 116 Å². The number of halogens is 3. The van der Waals surface area contributed by atoms with Gasteiger partial charge in [-0.1, -0.05) is 6.07 Å². The molecule has 1 amide bonds. The summed E-state index contributed by atoms with van der Waals surface area (Å²) in [5.41, 5.74) is 6.32. The first kappa shape index (κ1) is 13.5. The molecule has 1 aromatic carbocycles. The number of rotatable bonds is 3. The quantitative estimate of drug-likeness (QED) is 0.933. The zero-order chi connectivity index (χ0) is 15.2. The number of alkyl halides is 3. The van der Waals surface area contributed by atoms with E-state index in [1.54, 1.807) is 6.07 Å². The number of nitrogens with two attached hydrogens (primary N) is 1. The molecule has 1 aromatic heterocycles. The first-order chi connectivity index (χ1) is 9.88. The fourth-order valence-electron chi connectivity index (χ4n) is 2.18. The Bertz CT molecular complexity index is 705. The molecule has 0 aliphatic heterocycles. The lowest BCUT2D eigenvalue weighted by Crippen LogP contribution is -2.17. The van der Waals surface area contributed by atoms with Crippen molar-refractivity contribution in [1.29, 1.82) is 0 Å². The van der Waals surface area contributed by atoms with Crippen molar-refractivity contribution in [2.75, 3.05) is 0 Å². The van der Waals surface area contributed by atoms with E-state index in [1.807, 2.05) is 0 Å². The van der Waals surface area contributed by atoms with Crippen molar-refractivity contribution < 1.29 is 18.0 Å². The highest BCUT2D eigenvalue weighted by molar-refractivity contribution is 5.95. The smallest absolute Gasteiger partial charge is 0.366 e. The second-order valence-electron chi connectivity index (χ2n) is 4.82. The van der Waals surface area contributed by atoms with Crippen LogP contribution >= 0.6 is 0 Å². The van der Waals surface area contributed by atoms with E-state index in [-0.39, 0.29) is 17.2 Å².